The van der Waals surface area contributed by atoms with Gasteiger partial charge in [0.05, 0.1) is 42.1 Å². The number of amides is 1. The number of rotatable bonds is 12. The van der Waals surface area contributed by atoms with Gasteiger partial charge in [0.25, 0.3) is 0 Å². The molecule has 0 fully saturated rings. The predicted octanol–water partition coefficient (Wildman–Crippen LogP) is 4.23. The minimum Gasteiger partial charge on any atom is -0.493 e. The van der Waals surface area contributed by atoms with Crippen molar-refractivity contribution in [2.24, 2.45) is 0 Å². The molecule has 8 heteroatoms. The van der Waals surface area contributed by atoms with E-state index in [1.807, 2.05) is 42.5 Å². The van der Waals surface area contributed by atoms with Gasteiger partial charge in [-0.05, 0) is 54.2 Å². The zero-order valence-electron chi connectivity index (χ0n) is 23.4. The second-order valence-electron chi connectivity index (χ2n) is 9.43. The topological polar surface area (TPSA) is 78.5 Å². The first-order valence-corrected chi connectivity index (χ1v) is 13.1. The van der Waals surface area contributed by atoms with Crippen molar-refractivity contribution >= 4 is 5.91 Å². The van der Waals surface area contributed by atoms with E-state index >= 15 is 0 Å². The standard InChI is InChI=1S/C31H38N2O6/c1-35-25-12-11-22(18-26(25)36-2)17-24-29-23(19-27(37-3)30(38-4)31(29)39-5)14-16-33(24)20-28(34)32-15-13-21-9-7-6-8-10-21/h6-12,18-19,24H,13-17,20H2,1-5H3,(H,32,34). The summed E-state index contributed by atoms with van der Waals surface area (Å²) >= 11 is 0. The molecule has 3 aromatic rings. The minimum atomic E-state index is -0.138. The number of hydrogen-bond donors (Lipinski definition) is 1. The molecule has 39 heavy (non-hydrogen) atoms. The largest absolute Gasteiger partial charge is 0.493 e. The van der Waals surface area contributed by atoms with Gasteiger partial charge in [-0.15, -0.1) is 0 Å². The third-order valence-electron chi connectivity index (χ3n) is 7.20. The molecular formula is C31H38N2O6. The number of fused-ring (bicyclic) bond motifs is 1. The molecule has 0 aromatic heterocycles. The maximum absolute atomic E-state index is 13.1. The minimum absolute atomic E-state index is 0.00821. The van der Waals surface area contributed by atoms with Gasteiger partial charge in [-0.1, -0.05) is 36.4 Å². The van der Waals surface area contributed by atoms with Gasteiger partial charge in [0.2, 0.25) is 11.7 Å². The van der Waals surface area contributed by atoms with Crippen molar-refractivity contribution in [1.29, 1.82) is 0 Å². The molecule has 0 aliphatic carbocycles. The van der Waals surface area contributed by atoms with E-state index in [-0.39, 0.29) is 18.5 Å². The number of nitrogens with zero attached hydrogens (tertiary/aromatic N) is 1. The van der Waals surface area contributed by atoms with Crippen LogP contribution in [0.5, 0.6) is 28.7 Å². The van der Waals surface area contributed by atoms with Crippen LogP contribution in [0.15, 0.2) is 54.6 Å². The maximum Gasteiger partial charge on any atom is 0.234 e. The molecule has 0 saturated heterocycles. The Balaban J connectivity index is 1.64. The fourth-order valence-corrected chi connectivity index (χ4v) is 5.29. The molecule has 1 aliphatic heterocycles. The van der Waals surface area contributed by atoms with Gasteiger partial charge in [-0.3, -0.25) is 9.69 Å². The highest BCUT2D eigenvalue weighted by atomic mass is 16.5. The van der Waals surface area contributed by atoms with Crippen LogP contribution in [0.1, 0.15) is 28.3 Å². The molecule has 0 bridgehead atoms. The summed E-state index contributed by atoms with van der Waals surface area (Å²) in [5.74, 6) is 3.13. The van der Waals surface area contributed by atoms with Gasteiger partial charge in [0, 0.05) is 24.7 Å². The third kappa shape index (κ3) is 6.40. The van der Waals surface area contributed by atoms with Crippen LogP contribution in [0.4, 0.5) is 0 Å². The van der Waals surface area contributed by atoms with E-state index < -0.39 is 0 Å². The summed E-state index contributed by atoms with van der Waals surface area (Å²) in [5.41, 5.74) is 4.38. The van der Waals surface area contributed by atoms with Crippen LogP contribution in [-0.4, -0.2) is 66.0 Å². The molecule has 4 rings (SSSR count). The Morgan fingerprint density at radius 1 is 0.821 bits per heavy atom. The van der Waals surface area contributed by atoms with Gasteiger partial charge in [-0.25, -0.2) is 0 Å². The SMILES string of the molecule is COc1ccc(CC2c3c(cc(OC)c(OC)c3OC)CCN2CC(=O)NCCc2ccccc2)cc1OC. The Bertz CT molecular complexity index is 1260. The molecule has 1 atom stereocenters. The Morgan fingerprint density at radius 2 is 1.54 bits per heavy atom. The summed E-state index contributed by atoms with van der Waals surface area (Å²) in [6, 6.07) is 18.0. The van der Waals surface area contributed by atoms with Crippen molar-refractivity contribution in [1.82, 2.24) is 10.2 Å². The Kier molecular flexibility index (Phi) is 9.54. The van der Waals surface area contributed by atoms with Crippen molar-refractivity contribution < 1.29 is 28.5 Å². The quantitative estimate of drug-likeness (QED) is 0.373. The predicted molar refractivity (Wildman–Crippen MR) is 151 cm³/mol. The van der Waals surface area contributed by atoms with Crippen molar-refractivity contribution in [2.45, 2.75) is 25.3 Å². The number of hydrogen-bond acceptors (Lipinski definition) is 7. The van der Waals surface area contributed by atoms with Crippen LogP contribution < -0.4 is 29.0 Å². The van der Waals surface area contributed by atoms with E-state index in [1.165, 1.54) is 5.56 Å². The molecular weight excluding hydrogens is 496 g/mol. The van der Waals surface area contributed by atoms with Crippen LogP contribution in [0, 0.1) is 0 Å². The van der Waals surface area contributed by atoms with Crippen molar-refractivity contribution in [3.63, 3.8) is 0 Å². The molecule has 1 unspecified atom stereocenters. The molecule has 3 aromatic carbocycles. The van der Waals surface area contributed by atoms with E-state index in [9.17, 15) is 4.79 Å². The second kappa shape index (κ2) is 13.2. The molecule has 1 heterocycles. The number of benzene rings is 3. The van der Waals surface area contributed by atoms with Gasteiger partial charge in [0.1, 0.15) is 0 Å². The smallest absolute Gasteiger partial charge is 0.234 e. The maximum atomic E-state index is 13.1. The van der Waals surface area contributed by atoms with Gasteiger partial charge >= 0.3 is 0 Å². The van der Waals surface area contributed by atoms with Crippen LogP contribution in [-0.2, 0) is 24.1 Å². The van der Waals surface area contributed by atoms with E-state index in [4.69, 9.17) is 23.7 Å². The fourth-order valence-electron chi connectivity index (χ4n) is 5.29. The first-order chi connectivity index (χ1) is 19.0. The molecule has 0 radical (unpaired) electrons. The summed E-state index contributed by atoms with van der Waals surface area (Å²) in [5, 5.41) is 3.10. The Morgan fingerprint density at radius 3 is 2.21 bits per heavy atom. The first-order valence-electron chi connectivity index (χ1n) is 13.1. The Labute approximate surface area is 230 Å². The summed E-state index contributed by atoms with van der Waals surface area (Å²) in [7, 11) is 8.12. The lowest BCUT2D eigenvalue weighted by Gasteiger charge is -2.38. The highest BCUT2D eigenvalue weighted by molar-refractivity contribution is 5.78. The number of carbonyl (C=O) groups is 1. The summed E-state index contributed by atoms with van der Waals surface area (Å²) < 4.78 is 28.2. The molecule has 8 nitrogen and oxygen atoms in total. The zero-order chi connectivity index (χ0) is 27.8. The fraction of sp³-hybridized carbons (Fsp3) is 0.387. The van der Waals surface area contributed by atoms with E-state index in [0.29, 0.717) is 41.7 Å². The normalized spacial score (nSPS) is 14.7. The van der Waals surface area contributed by atoms with Crippen molar-refractivity contribution in [3.8, 4) is 28.7 Å². The summed E-state index contributed by atoms with van der Waals surface area (Å²) in [4.78, 5) is 15.3. The number of methoxy groups -OCH3 is 5. The molecule has 1 aliphatic rings. The van der Waals surface area contributed by atoms with Crippen LogP contribution in [0.25, 0.3) is 0 Å². The van der Waals surface area contributed by atoms with E-state index in [0.717, 1.165) is 36.1 Å². The lowest BCUT2D eigenvalue weighted by molar-refractivity contribution is -0.122. The monoisotopic (exact) mass is 534 g/mol. The van der Waals surface area contributed by atoms with Crippen molar-refractivity contribution in [2.75, 3.05) is 55.2 Å². The van der Waals surface area contributed by atoms with Crippen LogP contribution in [0.3, 0.4) is 0 Å². The first kappa shape index (κ1) is 28.1. The number of ether oxygens (including phenoxy) is 5. The average molecular weight is 535 g/mol. The second-order valence-corrected chi connectivity index (χ2v) is 9.43. The van der Waals surface area contributed by atoms with Gasteiger partial charge < -0.3 is 29.0 Å². The van der Waals surface area contributed by atoms with Gasteiger partial charge in [0.15, 0.2) is 23.0 Å². The highest BCUT2D eigenvalue weighted by Gasteiger charge is 2.34. The summed E-state index contributed by atoms with van der Waals surface area (Å²) in [6.07, 6.45) is 2.18. The molecule has 0 spiro atoms. The Hall–Kier alpha value is -3.91. The van der Waals surface area contributed by atoms with Crippen LogP contribution >= 0.6 is 0 Å². The zero-order valence-corrected chi connectivity index (χ0v) is 23.4. The average Bonchev–Trinajstić information content (AvgIpc) is 2.97. The van der Waals surface area contributed by atoms with E-state index in [2.05, 4.69) is 22.3 Å². The molecule has 0 saturated carbocycles. The van der Waals surface area contributed by atoms with E-state index in [1.54, 1.807) is 35.5 Å². The van der Waals surface area contributed by atoms with Gasteiger partial charge in [-0.2, -0.15) is 0 Å². The lowest BCUT2D eigenvalue weighted by Crippen LogP contribution is -2.44. The molecule has 1 N–H and O–H groups in total. The number of carbonyl (C=O) groups excluding carboxylic acids is 1. The molecule has 208 valence electrons. The van der Waals surface area contributed by atoms with Crippen LogP contribution in [0.2, 0.25) is 0 Å². The lowest BCUT2D eigenvalue weighted by atomic mass is 9.87. The summed E-state index contributed by atoms with van der Waals surface area (Å²) in [6.45, 7) is 1.57. The van der Waals surface area contributed by atoms with Crippen molar-refractivity contribution in [3.05, 3.63) is 76.9 Å². The third-order valence-corrected chi connectivity index (χ3v) is 7.20. The highest BCUT2D eigenvalue weighted by Crippen LogP contribution is 2.48. The number of nitrogens with one attached hydrogen (secondary N) is 1. The molecule has 1 amide bonds.